The highest BCUT2D eigenvalue weighted by Crippen LogP contribution is 2.37. The molecule has 0 amide bonds. The number of benzene rings is 2. The first-order valence-electron chi connectivity index (χ1n) is 9.21. The fourth-order valence-corrected chi connectivity index (χ4v) is 3.42. The first kappa shape index (κ1) is 19.3. The molecule has 8 nitrogen and oxygen atoms in total. The summed E-state index contributed by atoms with van der Waals surface area (Å²) in [5.41, 5.74) is 9.85. The topological polar surface area (TPSA) is 108 Å². The smallest absolute Gasteiger partial charge is 0.328 e. The van der Waals surface area contributed by atoms with E-state index in [2.05, 4.69) is 21.8 Å². The summed E-state index contributed by atoms with van der Waals surface area (Å²) < 4.78 is 12.6. The molecule has 2 heterocycles. The van der Waals surface area contributed by atoms with Gasteiger partial charge in [0.25, 0.3) is 0 Å². The molecule has 2 aromatic heterocycles. The van der Waals surface area contributed by atoms with E-state index in [1.165, 1.54) is 7.11 Å². The van der Waals surface area contributed by atoms with Gasteiger partial charge in [-0.2, -0.15) is 0 Å². The van der Waals surface area contributed by atoms with E-state index in [0.717, 1.165) is 27.7 Å². The van der Waals surface area contributed by atoms with Crippen LogP contribution in [0.15, 0.2) is 55.1 Å². The van der Waals surface area contributed by atoms with Crippen LogP contribution in [0.25, 0.3) is 28.0 Å². The highest BCUT2D eigenvalue weighted by molar-refractivity contribution is 5.90. The van der Waals surface area contributed by atoms with Gasteiger partial charge in [-0.3, -0.25) is 4.98 Å². The standard InChI is InChI=1S/C22H21N5O3/c1-12-7-8-17(15-6-5-9-24-20(12)15)27-21(25-26-22(27)30-14(3)23)16-11-19(29-4)18(28)10-13(16)2/h5-11,28H,3,23H2,1-2,4H3. The van der Waals surface area contributed by atoms with Gasteiger partial charge in [-0.15, -0.1) is 5.10 Å². The summed E-state index contributed by atoms with van der Waals surface area (Å²) in [6, 6.07) is 11.3. The van der Waals surface area contributed by atoms with Crippen molar-refractivity contribution in [3.8, 4) is 34.6 Å². The minimum absolute atomic E-state index is 0.00949. The largest absolute Gasteiger partial charge is 0.504 e. The van der Waals surface area contributed by atoms with Gasteiger partial charge < -0.3 is 20.3 Å². The fourth-order valence-electron chi connectivity index (χ4n) is 3.42. The Bertz CT molecular complexity index is 1280. The number of methoxy groups -OCH3 is 1. The maximum absolute atomic E-state index is 10.1. The van der Waals surface area contributed by atoms with Gasteiger partial charge in [0.1, 0.15) is 0 Å². The second kappa shape index (κ2) is 7.40. The minimum Gasteiger partial charge on any atom is -0.504 e. The number of phenols is 1. The lowest BCUT2D eigenvalue weighted by atomic mass is 10.1. The Morgan fingerprint density at radius 3 is 2.67 bits per heavy atom. The third-order valence-corrected chi connectivity index (χ3v) is 4.81. The van der Waals surface area contributed by atoms with Crippen molar-refractivity contribution in [1.82, 2.24) is 19.7 Å². The third kappa shape index (κ3) is 3.18. The Hall–Kier alpha value is -4.07. The molecule has 0 aliphatic heterocycles. The summed E-state index contributed by atoms with van der Waals surface area (Å²) in [6.45, 7) is 7.48. The zero-order valence-electron chi connectivity index (χ0n) is 16.9. The number of rotatable bonds is 5. The third-order valence-electron chi connectivity index (χ3n) is 4.81. The van der Waals surface area contributed by atoms with Crippen molar-refractivity contribution >= 4 is 10.9 Å². The number of phenolic OH excluding ortho intramolecular Hbond substituents is 1. The molecule has 2 aromatic carbocycles. The number of hydrogen-bond acceptors (Lipinski definition) is 7. The highest BCUT2D eigenvalue weighted by Gasteiger charge is 2.22. The van der Waals surface area contributed by atoms with Crippen molar-refractivity contribution < 1.29 is 14.6 Å². The normalized spacial score (nSPS) is 10.9. The molecule has 0 atom stereocenters. The van der Waals surface area contributed by atoms with Crippen LogP contribution in [0.3, 0.4) is 0 Å². The highest BCUT2D eigenvalue weighted by atomic mass is 16.5. The van der Waals surface area contributed by atoms with Crippen molar-refractivity contribution in [1.29, 1.82) is 0 Å². The average molecular weight is 403 g/mol. The van der Waals surface area contributed by atoms with E-state index in [4.69, 9.17) is 15.2 Å². The summed E-state index contributed by atoms with van der Waals surface area (Å²) in [5.74, 6) is 0.855. The van der Waals surface area contributed by atoms with Gasteiger partial charge >= 0.3 is 6.01 Å². The fraction of sp³-hybridized carbons (Fsp3) is 0.136. The average Bonchev–Trinajstić information content (AvgIpc) is 3.11. The van der Waals surface area contributed by atoms with Crippen LogP contribution in [0.1, 0.15) is 11.1 Å². The predicted molar refractivity (Wildman–Crippen MR) is 114 cm³/mol. The molecule has 4 aromatic rings. The van der Waals surface area contributed by atoms with Gasteiger partial charge in [-0.05, 0) is 61.9 Å². The molecular weight excluding hydrogens is 382 g/mol. The first-order valence-corrected chi connectivity index (χ1v) is 9.21. The number of ether oxygens (including phenoxy) is 2. The number of nitrogens with two attached hydrogens (primary N) is 1. The Morgan fingerprint density at radius 2 is 1.93 bits per heavy atom. The monoisotopic (exact) mass is 403 g/mol. The second-order valence-corrected chi connectivity index (χ2v) is 6.85. The van der Waals surface area contributed by atoms with Crippen LogP contribution >= 0.6 is 0 Å². The van der Waals surface area contributed by atoms with Crippen LogP contribution in [0, 0.1) is 13.8 Å². The lowest BCUT2D eigenvalue weighted by Crippen LogP contribution is -2.09. The van der Waals surface area contributed by atoms with Gasteiger partial charge in [0, 0.05) is 17.1 Å². The predicted octanol–water partition coefficient (Wildman–Crippen LogP) is 3.62. The van der Waals surface area contributed by atoms with Crippen molar-refractivity contribution in [3.63, 3.8) is 0 Å². The molecule has 30 heavy (non-hydrogen) atoms. The van der Waals surface area contributed by atoms with E-state index in [9.17, 15) is 5.11 Å². The molecule has 0 aliphatic carbocycles. The van der Waals surface area contributed by atoms with Crippen molar-refractivity contribution in [2.75, 3.05) is 7.11 Å². The number of aryl methyl sites for hydroxylation is 2. The molecule has 8 heteroatoms. The number of hydrogen-bond donors (Lipinski definition) is 2. The molecule has 3 N–H and O–H groups in total. The van der Waals surface area contributed by atoms with E-state index in [0.29, 0.717) is 17.1 Å². The zero-order valence-corrected chi connectivity index (χ0v) is 16.9. The molecular formula is C22H21N5O3. The summed E-state index contributed by atoms with van der Waals surface area (Å²) in [6.07, 6.45) is 1.75. The van der Waals surface area contributed by atoms with Gasteiger partial charge in [0.15, 0.2) is 23.2 Å². The number of fused-ring (bicyclic) bond motifs is 1. The molecule has 152 valence electrons. The molecule has 0 saturated heterocycles. The van der Waals surface area contributed by atoms with E-state index in [-0.39, 0.29) is 17.6 Å². The van der Waals surface area contributed by atoms with E-state index < -0.39 is 0 Å². The maximum Gasteiger partial charge on any atom is 0.328 e. The van der Waals surface area contributed by atoms with Gasteiger partial charge in [0.05, 0.1) is 18.3 Å². The molecule has 0 fully saturated rings. The van der Waals surface area contributed by atoms with Gasteiger partial charge in [0.2, 0.25) is 0 Å². The Kier molecular flexibility index (Phi) is 4.75. The van der Waals surface area contributed by atoms with E-state index in [1.807, 2.05) is 38.1 Å². The number of aromatic hydroxyl groups is 1. The minimum atomic E-state index is -0.00949. The Labute approximate surface area is 173 Å². The molecule has 0 spiro atoms. The molecule has 0 saturated carbocycles. The maximum atomic E-state index is 10.1. The molecule has 0 aliphatic rings. The van der Waals surface area contributed by atoms with Gasteiger partial charge in [-0.25, -0.2) is 4.57 Å². The number of nitrogens with zero attached hydrogens (tertiary/aromatic N) is 4. The summed E-state index contributed by atoms with van der Waals surface area (Å²) in [4.78, 5) is 4.51. The zero-order chi connectivity index (χ0) is 21.4. The quantitative estimate of drug-likeness (QED) is 0.490. The second-order valence-electron chi connectivity index (χ2n) is 6.85. The summed E-state index contributed by atoms with van der Waals surface area (Å²) in [7, 11) is 1.49. The molecule has 4 rings (SSSR count). The van der Waals surface area contributed by atoms with Crippen LogP contribution in [0.4, 0.5) is 0 Å². The van der Waals surface area contributed by atoms with Crippen LogP contribution in [-0.2, 0) is 0 Å². The van der Waals surface area contributed by atoms with Crippen LogP contribution in [0.5, 0.6) is 17.5 Å². The summed E-state index contributed by atoms with van der Waals surface area (Å²) >= 11 is 0. The van der Waals surface area contributed by atoms with Crippen LogP contribution in [0.2, 0.25) is 0 Å². The van der Waals surface area contributed by atoms with Crippen molar-refractivity contribution in [3.05, 3.63) is 66.2 Å². The SMILES string of the molecule is C=C(N)Oc1nnc(-c2cc(OC)c(O)cc2C)n1-c1ccc(C)c2ncccc12. The number of pyridine rings is 1. The van der Waals surface area contributed by atoms with E-state index >= 15 is 0 Å². The lowest BCUT2D eigenvalue weighted by Gasteiger charge is -2.15. The van der Waals surface area contributed by atoms with Crippen molar-refractivity contribution in [2.24, 2.45) is 5.73 Å². The van der Waals surface area contributed by atoms with E-state index in [1.54, 1.807) is 22.9 Å². The Balaban J connectivity index is 2.05. The lowest BCUT2D eigenvalue weighted by molar-refractivity contribution is 0.373. The number of aromatic nitrogens is 4. The Morgan fingerprint density at radius 1 is 1.13 bits per heavy atom. The first-order chi connectivity index (χ1) is 14.4. The molecule has 0 radical (unpaired) electrons. The van der Waals surface area contributed by atoms with Crippen LogP contribution < -0.4 is 15.2 Å². The van der Waals surface area contributed by atoms with Crippen molar-refractivity contribution in [2.45, 2.75) is 13.8 Å². The molecule has 0 unspecified atom stereocenters. The van der Waals surface area contributed by atoms with Crippen LogP contribution in [-0.4, -0.2) is 32.0 Å². The van der Waals surface area contributed by atoms with Gasteiger partial charge in [-0.1, -0.05) is 11.2 Å². The summed E-state index contributed by atoms with van der Waals surface area (Å²) in [5, 5.41) is 19.5. The molecule has 0 bridgehead atoms.